The Balaban J connectivity index is 2.67. The summed E-state index contributed by atoms with van der Waals surface area (Å²) in [6.45, 7) is 0. The zero-order valence-electron chi connectivity index (χ0n) is 8.68. The van der Waals surface area contributed by atoms with Gasteiger partial charge in [0.1, 0.15) is 0 Å². The molecule has 0 spiro atoms. The van der Waals surface area contributed by atoms with E-state index in [1.807, 2.05) is 30.3 Å². The summed E-state index contributed by atoms with van der Waals surface area (Å²) in [4.78, 5) is 0. The molecular formula is C13H8BrCl3. The van der Waals surface area contributed by atoms with Crippen molar-refractivity contribution < 1.29 is 0 Å². The van der Waals surface area contributed by atoms with Crippen LogP contribution in [-0.4, -0.2) is 0 Å². The molecular weight excluding hydrogens is 342 g/mol. The molecule has 0 atom stereocenters. The topological polar surface area (TPSA) is 0 Å². The lowest BCUT2D eigenvalue weighted by molar-refractivity contribution is 1.43. The van der Waals surface area contributed by atoms with Crippen molar-refractivity contribution in [3.63, 3.8) is 0 Å². The van der Waals surface area contributed by atoms with Crippen molar-refractivity contribution in [1.82, 2.24) is 0 Å². The van der Waals surface area contributed by atoms with E-state index >= 15 is 0 Å². The van der Waals surface area contributed by atoms with E-state index < -0.39 is 0 Å². The Hall–Kier alpha value is -0.210. The monoisotopic (exact) mass is 348 g/mol. The lowest BCUT2D eigenvalue weighted by Crippen LogP contribution is -1.88. The van der Waals surface area contributed by atoms with Crippen molar-refractivity contribution >= 4 is 50.7 Å². The van der Waals surface area contributed by atoms with Gasteiger partial charge in [-0.1, -0.05) is 68.9 Å². The fourth-order valence-electron chi connectivity index (χ4n) is 1.67. The maximum atomic E-state index is 6.24. The normalized spacial score (nSPS) is 10.6. The Morgan fingerprint density at radius 2 is 1.71 bits per heavy atom. The number of hydrogen-bond acceptors (Lipinski definition) is 0. The van der Waals surface area contributed by atoms with Crippen LogP contribution in [0, 0.1) is 0 Å². The first-order chi connectivity index (χ1) is 8.13. The van der Waals surface area contributed by atoms with Crippen molar-refractivity contribution in [1.29, 1.82) is 0 Å². The number of benzene rings is 2. The van der Waals surface area contributed by atoms with Crippen LogP contribution in [0.2, 0.25) is 15.1 Å². The first-order valence-electron chi connectivity index (χ1n) is 4.92. The molecule has 2 aromatic carbocycles. The van der Waals surface area contributed by atoms with Gasteiger partial charge in [0.05, 0.1) is 0 Å². The zero-order chi connectivity index (χ0) is 12.4. The van der Waals surface area contributed by atoms with Crippen LogP contribution in [-0.2, 0) is 5.33 Å². The van der Waals surface area contributed by atoms with Crippen LogP contribution in [0.25, 0.3) is 11.1 Å². The van der Waals surface area contributed by atoms with Crippen LogP contribution in [0.3, 0.4) is 0 Å². The Labute approximate surface area is 124 Å². The van der Waals surface area contributed by atoms with Crippen molar-refractivity contribution in [3.05, 3.63) is 57.0 Å². The van der Waals surface area contributed by atoms with Gasteiger partial charge in [-0.2, -0.15) is 0 Å². The van der Waals surface area contributed by atoms with Gasteiger partial charge in [0.25, 0.3) is 0 Å². The van der Waals surface area contributed by atoms with E-state index in [1.54, 1.807) is 6.07 Å². The summed E-state index contributed by atoms with van der Waals surface area (Å²) in [5, 5.41) is 2.63. The summed E-state index contributed by atoms with van der Waals surface area (Å²) >= 11 is 21.8. The SMILES string of the molecule is Clc1ccc(-c2c(Cl)cccc2CBr)c(Cl)c1. The van der Waals surface area contributed by atoms with Crippen molar-refractivity contribution in [2.45, 2.75) is 5.33 Å². The van der Waals surface area contributed by atoms with E-state index in [1.165, 1.54) is 0 Å². The van der Waals surface area contributed by atoms with Gasteiger partial charge in [-0.05, 0) is 23.8 Å². The summed E-state index contributed by atoms with van der Waals surface area (Å²) in [6, 6.07) is 11.2. The molecule has 0 unspecified atom stereocenters. The molecule has 2 aromatic rings. The Kier molecular flexibility index (Phi) is 4.37. The van der Waals surface area contributed by atoms with Gasteiger partial charge in [0, 0.05) is 31.5 Å². The second-order valence-corrected chi connectivity index (χ2v) is 5.34. The van der Waals surface area contributed by atoms with E-state index in [-0.39, 0.29) is 0 Å². The van der Waals surface area contributed by atoms with E-state index in [0.717, 1.165) is 22.0 Å². The first kappa shape index (κ1) is 13.2. The molecule has 0 radical (unpaired) electrons. The average Bonchev–Trinajstić information content (AvgIpc) is 2.30. The molecule has 0 saturated carbocycles. The lowest BCUT2D eigenvalue weighted by atomic mass is 10.0. The van der Waals surface area contributed by atoms with Crippen molar-refractivity contribution in [2.24, 2.45) is 0 Å². The molecule has 0 aliphatic carbocycles. The summed E-state index contributed by atoms with van der Waals surface area (Å²) < 4.78 is 0. The highest BCUT2D eigenvalue weighted by Crippen LogP contribution is 2.37. The van der Waals surface area contributed by atoms with Gasteiger partial charge in [0.15, 0.2) is 0 Å². The Morgan fingerprint density at radius 1 is 0.941 bits per heavy atom. The van der Waals surface area contributed by atoms with Crippen molar-refractivity contribution in [3.8, 4) is 11.1 Å². The first-order valence-corrected chi connectivity index (χ1v) is 7.18. The molecule has 0 aliphatic heterocycles. The Morgan fingerprint density at radius 3 is 2.35 bits per heavy atom. The van der Waals surface area contributed by atoms with Crippen LogP contribution in [0.15, 0.2) is 36.4 Å². The summed E-state index contributed by atoms with van der Waals surface area (Å²) in [6.07, 6.45) is 0. The van der Waals surface area contributed by atoms with Gasteiger partial charge in [-0.15, -0.1) is 0 Å². The fourth-order valence-corrected chi connectivity index (χ4v) is 2.94. The minimum Gasteiger partial charge on any atom is -0.0876 e. The molecule has 0 fully saturated rings. The largest absolute Gasteiger partial charge is 0.0876 e. The van der Waals surface area contributed by atoms with E-state index in [2.05, 4.69) is 15.9 Å². The van der Waals surface area contributed by atoms with Crippen LogP contribution in [0.4, 0.5) is 0 Å². The highest BCUT2D eigenvalue weighted by atomic mass is 79.9. The zero-order valence-corrected chi connectivity index (χ0v) is 12.5. The molecule has 2 rings (SSSR count). The Bertz CT molecular complexity index is 552. The smallest absolute Gasteiger partial charge is 0.0499 e. The van der Waals surface area contributed by atoms with Gasteiger partial charge in [-0.3, -0.25) is 0 Å². The summed E-state index contributed by atoms with van der Waals surface area (Å²) in [5.41, 5.74) is 2.95. The van der Waals surface area contributed by atoms with Gasteiger partial charge < -0.3 is 0 Å². The standard InChI is InChI=1S/C13H8BrCl3/c14-7-8-2-1-3-11(16)13(8)10-5-4-9(15)6-12(10)17/h1-6H,7H2. The molecule has 0 N–H and O–H groups in total. The molecule has 88 valence electrons. The summed E-state index contributed by atoms with van der Waals surface area (Å²) in [7, 11) is 0. The average molecular weight is 350 g/mol. The van der Waals surface area contributed by atoms with Crippen LogP contribution < -0.4 is 0 Å². The molecule has 0 bridgehead atoms. The minimum atomic E-state index is 0.604. The number of halogens is 4. The van der Waals surface area contributed by atoms with Crippen molar-refractivity contribution in [2.75, 3.05) is 0 Å². The maximum Gasteiger partial charge on any atom is 0.0499 e. The highest BCUT2D eigenvalue weighted by molar-refractivity contribution is 9.08. The molecule has 0 aliphatic rings. The fraction of sp³-hybridized carbons (Fsp3) is 0.0769. The van der Waals surface area contributed by atoms with Crippen LogP contribution in [0.1, 0.15) is 5.56 Å². The molecule has 0 nitrogen and oxygen atoms in total. The third kappa shape index (κ3) is 2.79. The van der Waals surface area contributed by atoms with Gasteiger partial charge in [-0.25, -0.2) is 0 Å². The number of rotatable bonds is 2. The summed E-state index contributed by atoms with van der Waals surface area (Å²) in [5.74, 6) is 0. The lowest BCUT2D eigenvalue weighted by Gasteiger charge is -2.11. The molecule has 17 heavy (non-hydrogen) atoms. The third-order valence-electron chi connectivity index (χ3n) is 2.44. The third-order valence-corrected chi connectivity index (χ3v) is 3.91. The number of hydrogen-bond donors (Lipinski definition) is 0. The predicted octanol–water partition coefficient (Wildman–Crippen LogP) is 6.21. The van der Waals surface area contributed by atoms with Crippen LogP contribution >= 0.6 is 50.7 Å². The van der Waals surface area contributed by atoms with E-state index in [9.17, 15) is 0 Å². The molecule has 0 amide bonds. The minimum absolute atomic E-state index is 0.604. The molecule has 0 heterocycles. The van der Waals surface area contributed by atoms with E-state index in [0.29, 0.717) is 15.1 Å². The van der Waals surface area contributed by atoms with Gasteiger partial charge >= 0.3 is 0 Å². The van der Waals surface area contributed by atoms with Gasteiger partial charge in [0.2, 0.25) is 0 Å². The predicted molar refractivity (Wildman–Crippen MR) is 79.5 cm³/mol. The molecule has 4 heteroatoms. The number of alkyl halides is 1. The van der Waals surface area contributed by atoms with E-state index in [4.69, 9.17) is 34.8 Å². The quantitative estimate of drug-likeness (QED) is 0.565. The highest BCUT2D eigenvalue weighted by Gasteiger charge is 2.12. The second-order valence-electron chi connectivity index (χ2n) is 3.53. The molecule has 0 saturated heterocycles. The maximum absolute atomic E-state index is 6.24. The second kappa shape index (κ2) is 5.62. The van der Waals surface area contributed by atoms with Crippen LogP contribution in [0.5, 0.6) is 0 Å². The molecule has 0 aromatic heterocycles.